The molecule has 1 heterocycles. The summed E-state index contributed by atoms with van der Waals surface area (Å²) in [6.07, 6.45) is 0.903. The molecule has 1 unspecified atom stereocenters. The van der Waals surface area contributed by atoms with Crippen LogP contribution in [0, 0.1) is 11.2 Å². The first kappa shape index (κ1) is 15.0. The maximum atomic E-state index is 13.3. The predicted octanol–water partition coefficient (Wildman–Crippen LogP) is 2.92. The molecule has 4 nitrogen and oxygen atoms in total. The van der Waals surface area contributed by atoms with Crippen LogP contribution >= 0.6 is 15.9 Å². The molecule has 1 fully saturated rings. The van der Waals surface area contributed by atoms with Crippen LogP contribution in [-0.4, -0.2) is 35.0 Å². The van der Waals surface area contributed by atoms with Crippen molar-refractivity contribution >= 4 is 27.8 Å². The lowest BCUT2D eigenvalue weighted by Crippen LogP contribution is -2.36. The van der Waals surface area contributed by atoms with Gasteiger partial charge in [-0.25, -0.2) is 4.39 Å². The second-order valence-corrected chi connectivity index (χ2v) is 5.99. The Hall–Kier alpha value is -1.43. The number of carboxylic acids is 1. The number of nitrogens with zero attached hydrogens (tertiary/aromatic N) is 1. The molecular weight excluding hydrogens is 329 g/mol. The van der Waals surface area contributed by atoms with Crippen LogP contribution in [0.4, 0.5) is 4.39 Å². The molecule has 1 aliphatic heterocycles. The van der Waals surface area contributed by atoms with Crippen LogP contribution in [-0.2, 0) is 4.79 Å². The van der Waals surface area contributed by atoms with Crippen LogP contribution in [0.1, 0.15) is 30.1 Å². The first-order valence-corrected chi connectivity index (χ1v) is 7.16. The number of carbonyl (C=O) groups excluding carboxylic acids is 1. The average Bonchev–Trinajstić information content (AvgIpc) is 2.82. The van der Waals surface area contributed by atoms with Crippen molar-refractivity contribution in [1.29, 1.82) is 0 Å². The number of aliphatic carboxylic acids is 1. The second-order valence-electron chi connectivity index (χ2n) is 5.07. The Labute approximate surface area is 124 Å². The van der Waals surface area contributed by atoms with Gasteiger partial charge in [0.2, 0.25) is 0 Å². The van der Waals surface area contributed by atoms with E-state index in [4.69, 9.17) is 0 Å². The van der Waals surface area contributed by atoms with Crippen molar-refractivity contribution < 1.29 is 19.1 Å². The van der Waals surface area contributed by atoms with Gasteiger partial charge in [0.05, 0.1) is 5.41 Å². The van der Waals surface area contributed by atoms with E-state index in [2.05, 4.69) is 15.9 Å². The smallest absolute Gasteiger partial charge is 0.311 e. The highest BCUT2D eigenvalue weighted by molar-refractivity contribution is 9.10. The topological polar surface area (TPSA) is 57.6 Å². The molecule has 6 heteroatoms. The van der Waals surface area contributed by atoms with E-state index in [1.54, 1.807) is 6.92 Å². The van der Waals surface area contributed by atoms with E-state index in [0.29, 0.717) is 23.9 Å². The standard InChI is InChI=1S/C14H15BrFNO3/c1-2-14(13(19)20)3-4-17(8-14)12(18)9-5-10(15)7-11(16)6-9/h5-7H,2-4,8H2,1H3,(H,19,20). The number of hydrogen-bond donors (Lipinski definition) is 1. The Balaban J connectivity index is 2.21. The molecule has 1 saturated heterocycles. The minimum Gasteiger partial charge on any atom is -0.481 e. The van der Waals surface area contributed by atoms with E-state index < -0.39 is 17.2 Å². The molecule has 1 aromatic carbocycles. The van der Waals surface area contributed by atoms with Crippen molar-refractivity contribution in [2.45, 2.75) is 19.8 Å². The van der Waals surface area contributed by atoms with Gasteiger partial charge < -0.3 is 10.0 Å². The van der Waals surface area contributed by atoms with Gasteiger partial charge in [0.1, 0.15) is 5.82 Å². The van der Waals surface area contributed by atoms with Crippen LogP contribution in [0.15, 0.2) is 22.7 Å². The fourth-order valence-electron chi connectivity index (χ4n) is 2.52. The van der Waals surface area contributed by atoms with Gasteiger partial charge in [-0.2, -0.15) is 0 Å². The van der Waals surface area contributed by atoms with E-state index >= 15 is 0 Å². The van der Waals surface area contributed by atoms with Crippen molar-refractivity contribution in [1.82, 2.24) is 4.90 Å². The molecule has 1 amide bonds. The molecule has 1 aromatic rings. The highest BCUT2D eigenvalue weighted by atomic mass is 79.9. The van der Waals surface area contributed by atoms with E-state index in [1.807, 2.05) is 0 Å². The van der Waals surface area contributed by atoms with Gasteiger partial charge >= 0.3 is 5.97 Å². The van der Waals surface area contributed by atoms with Crippen molar-refractivity contribution in [3.05, 3.63) is 34.1 Å². The largest absolute Gasteiger partial charge is 0.481 e. The summed E-state index contributed by atoms with van der Waals surface area (Å²) in [5.74, 6) is -1.71. The van der Waals surface area contributed by atoms with E-state index in [-0.39, 0.29) is 18.0 Å². The monoisotopic (exact) mass is 343 g/mol. The zero-order valence-corrected chi connectivity index (χ0v) is 12.6. The Kier molecular flexibility index (Phi) is 4.13. The molecule has 1 N–H and O–H groups in total. The number of benzene rings is 1. The number of halogens is 2. The number of carbonyl (C=O) groups is 2. The molecule has 2 rings (SSSR count). The lowest BCUT2D eigenvalue weighted by atomic mass is 9.84. The SMILES string of the molecule is CCC1(C(=O)O)CCN(C(=O)c2cc(F)cc(Br)c2)C1. The number of amides is 1. The molecule has 0 aromatic heterocycles. The first-order chi connectivity index (χ1) is 9.38. The van der Waals surface area contributed by atoms with Crippen LogP contribution in [0.25, 0.3) is 0 Å². The Morgan fingerprint density at radius 3 is 2.65 bits per heavy atom. The van der Waals surface area contributed by atoms with Crippen LogP contribution in [0.3, 0.4) is 0 Å². The summed E-state index contributed by atoms with van der Waals surface area (Å²) in [6.45, 7) is 2.36. The summed E-state index contributed by atoms with van der Waals surface area (Å²) in [7, 11) is 0. The third-order valence-electron chi connectivity index (χ3n) is 3.88. The van der Waals surface area contributed by atoms with Crippen LogP contribution in [0.5, 0.6) is 0 Å². The number of carboxylic acid groups (broad SMARTS) is 1. The van der Waals surface area contributed by atoms with Crippen molar-refractivity contribution in [3.63, 3.8) is 0 Å². The maximum Gasteiger partial charge on any atom is 0.311 e. The van der Waals surface area contributed by atoms with Gasteiger partial charge in [-0.3, -0.25) is 9.59 Å². The van der Waals surface area contributed by atoms with Gasteiger partial charge in [0.25, 0.3) is 5.91 Å². The molecule has 0 radical (unpaired) electrons. The lowest BCUT2D eigenvalue weighted by Gasteiger charge is -2.23. The number of likely N-dealkylation sites (tertiary alicyclic amines) is 1. The Bertz CT molecular complexity index is 543. The molecule has 0 bridgehead atoms. The molecule has 20 heavy (non-hydrogen) atoms. The van der Waals surface area contributed by atoms with Crippen LogP contribution in [0.2, 0.25) is 0 Å². The number of rotatable bonds is 3. The zero-order chi connectivity index (χ0) is 14.9. The highest BCUT2D eigenvalue weighted by Gasteiger charge is 2.44. The number of hydrogen-bond acceptors (Lipinski definition) is 2. The summed E-state index contributed by atoms with van der Waals surface area (Å²) in [5.41, 5.74) is -0.644. The van der Waals surface area contributed by atoms with Gasteiger partial charge in [-0.1, -0.05) is 22.9 Å². The lowest BCUT2D eigenvalue weighted by molar-refractivity contribution is -0.148. The summed E-state index contributed by atoms with van der Waals surface area (Å²) in [6, 6.07) is 3.98. The van der Waals surface area contributed by atoms with E-state index in [9.17, 15) is 19.1 Å². The summed E-state index contributed by atoms with van der Waals surface area (Å²) >= 11 is 3.14. The van der Waals surface area contributed by atoms with E-state index in [1.165, 1.54) is 23.1 Å². The highest BCUT2D eigenvalue weighted by Crippen LogP contribution is 2.35. The quantitative estimate of drug-likeness (QED) is 0.917. The predicted molar refractivity (Wildman–Crippen MR) is 75.0 cm³/mol. The molecule has 1 aliphatic rings. The second kappa shape index (κ2) is 5.52. The van der Waals surface area contributed by atoms with Crippen molar-refractivity contribution in [2.75, 3.05) is 13.1 Å². The third-order valence-corrected chi connectivity index (χ3v) is 4.34. The van der Waals surface area contributed by atoms with Crippen molar-refractivity contribution in [3.8, 4) is 0 Å². The maximum absolute atomic E-state index is 13.3. The van der Waals surface area contributed by atoms with E-state index in [0.717, 1.165) is 0 Å². The molecule has 1 atom stereocenters. The molecule has 0 spiro atoms. The third kappa shape index (κ3) is 2.70. The average molecular weight is 344 g/mol. The van der Waals surface area contributed by atoms with Gasteiger partial charge in [-0.15, -0.1) is 0 Å². The summed E-state index contributed by atoms with van der Waals surface area (Å²) < 4.78 is 13.8. The summed E-state index contributed by atoms with van der Waals surface area (Å²) in [5, 5.41) is 9.32. The van der Waals surface area contributed by atoms with Gasteiger partial charge in [0.15, 0.2) is 0 Å². The van der Waals surface area contributed by atoms with Gasteiger partial charge in [-0.05, 0) is 31.0 Å². The van der Waals surface area contributed by atoms with Gasteiger partial charge in [0, 0.05) is 23.1 Å². The first-order valence-electron chi connectivity index (χ1n) is 6.37. The molecular formula is C14H15BrFNO3. The minimum atomic E-state index is -0.879. The fourth-order valence-corrected chi connectivity index (χ4v) is 2.99. The molecule has 0 aliphatic carbocycles. The normalized spacial score (nSPS) is 22.1. The Morgan fingerprint density at radius 1 is 1.45 bits per heavy atom. The molecule has 0 saturated carbocycles. The zero-order valence-electron chi connectivity index (χ0n) is 11.0. The minimum absolute atomic E-state index is 0.172. The van der Waals surface area contributed by atoms with Crippen LogP contribution < -0.4 is 0 Å². The fraction of sp³-hybridized carbons (Fsp3) is 0.429. The Morgan fingerprint density at radius 2 is 2.15 bits per heavy atom. The van der Waals surface area contributed by atoms with Crippen molar-refractivity contribution in [2.24, 2.45) is 5.41 Å². The molecule has 108 valence electrons. The summed E-state index contributed by atoms with van der Waals surface area (Å²) in [4.78, 5) is 25.2.